The van der Waals surface area contributed by atoms with E-state index >= 15 is 0 Å². The van der Waals surface area contributed by atoms with Gasteiger partial charge in [0.25, 0.3) is 5.92 Å². The quantitative estimate of drug-likeness (QED) is 0.750. The Kier molecular flexibility index (Phi) is 2.78. The molecular weight excluding hydrogens is 196 g/mol. The van der Waals surface area contributed by atoms with Crippen LogP contribution in [0.25, 0.3) is 0 Å². The number of carbonyl (C=O) groups excluding carboxylic acids is 1. The summed E-state index contributed by atoms with van der Waals surface area (Å²) in [6.07, 6.45) is -0.455. The number of methoxy groups -OCH3 is 1. The molecule has 1 aromatic rings. The van der Waals surface area contributed by atoms with Crippen LogP contribution in [0.15, 0.2) is 0 Å². The van der Waals surface area contributed by atoms with Gasteiger partial charge in [-0.3, -0.25) is 0 Å². The number of esters is 1. The smallest absolute Gasteiger partial charge is 0.360 e. The first-order valence-electron chi connectivity index (χ1n) is 3.90. The van der Waals surface area contributed by atoms with Gasteiger partial charge in [0.05, 0.1) is 7.11 Å². The molecule has 0 spiro atoms. The highest BCUT2D eigenvalue weighted by Crippen LogP contribution is 2.31. The van der Waals surface area contributed by atoms with Gasteiger partial charge < -0.3 is 4.74 Å². The Hall–Kier alpha value is -1.53. The lowest BCUT2D eigenvalue weighted by molar-refractivity contribution is -0.0144. The summed E-state index contributed by atoms with van der Waals surface area (Å²) < 4.78 is 30.6. The van der Waals surface area contributed by atoms with Crippen LogP contribution in [0.4, 0.5) is 8.78 Å². The summed E-state index contributed by atoms with van der Waals surface area (Å²) in [5.74, 6) is -4.10. The highest BCUT2D eigenvalue weighted by atomic mass is 19.3. The van der Waals surface area contributed by atoms with Gasteiger partial charge >= 0.3 is 5.97 Å². The predicted octanol–water partition coefficient (Wildman–Crippen LogP) is 1.09. The second-order valence-corrected chi connectivity index (χ2v) is 2.57. The molecule has 0 aliphatic carbocycles. The molecule has 0 unspecified atom stereocenters. The number of nitrogens with one attached hydrogen (secondary N) is 1. The van der Waals surface area contributed by atoms with Gasteiger partial charge in [-0.25, -0.2) is 4.79 Å². The van der Waals surface area contributed by atoms with Crippen molar-refractivity contribution < 1.29 is 18.3 Å². The van der Waals surface area contributed by atoms with E-state index in [0.717, 1.165) is 7.11 Å². The summed E-state index contributed by atoms with van der Waals surface area (Å²) >= 11 is 0. The Bertz CT molecular complexity index is 337. The fraction of sp³-hybridized carbons (Fsp3) is 0.571. The first-order valence-corrected chi connectivity index (χ1v) is 3.90. The van der Waals surface area contributed by atoms with Gasteiger partial charge in [-0.2, -0.15) is 19.1 Å². The third kappa shape index (κ3) is 1.70. The van der Waals surface area contributed by atoms with Crippen LogP contribution in [0.1, 0.15) is 29.5 Å². The Labute approximate surface area is 78.4 Å². The molecule has 1 N–H and O–H groups in total. The highest BCUT2D eigenvalue weighted by Gasteiger charge is 2.38. The lowest BCUT2D eigenvalue weighted by Gasteiger charge is -2.10. The van der Waals surface area contributed by atoms with Crippen molar-refractivity contribution in [1.29, 1.82) is 0 Å². The van der Waals surface area contributed by atoms with Crippen molar-refractivity contribution in [3.63, 3.8) is 0 Å². The molecule has 0 saturated heterocycles. The number of aromatic amines is 1. The molecule has 0 aliphatic rings. The van der Waals surface area contributed by atoms with E-state index < -0.39 is 29.7 Å². The summed E-state index contributed by atoms with van der Waals surface area (Å²) in [7, 11) is 1.09. The van der Waals surface area contributed by atoms with E-state index in [4.69, 9.17) is 0 Å². The molecule has 14 heavy (non-hydrogen) atoms. The molecule has 5 nitrogen and oxygen atoms in total. The maximum atomic E-state index is 13.1. The Morgan fingerprint density at radius 2 is 2.21 bits per heavy atom. The minimum atomic E-state index is -3.17. The van der Waals surface area contributed by atoms with Gasteiger partial charge in [0, 0.05) is 6.42 Å². The summed E-state index contributed by atoms with van der Waals surface area (Å²) in [4.78, 5) is 11.0. The van der Waals surface area contributed by atoms with Gasteiger partial charge in [0.1, 0.15) is 0 Å². The van der Waals surface area contributed by atoms with Crippen LogP contribution in [0.3, 0.4) is 0 Å². The summed E-state index contributed by atoms with van der Waals surface area (Å²) in [6.45, 7) is 1.29. The number of carbonyl (C=O) groups is 1. The fourth-order valence-electron chi connectivity index (χ4n) is 0.892. The van der Waals surface area contributed by atoms with Gasteiger partial charge in [0.2, 0.25) is 0 Å². The zero-order valence-electron chi connectivity index (χ0n) is 7.67. The van der Waals surface area contributed by atoms with Crippen molar-refractivity contribution >= 4 is 5.97 Å². The summed E-state index contributed by atoms with van der Waals surface area (Å²) in [6, 6.07) is 0. The van der Waals surface area contributed by atoms with E-state index in [2.05, 4.69) is 14.9 Å². The van der Waals surface area contributed by atoms with Crippen molar-refractivity contribution in [2.45, 2.75) is 19.3 Å². The maximum Gasteiger partial charge on any atom is 0.360 e. The minimum Gasteiger partial charge on any atom is -0.464 e. The molecular formula is C7H9F2N3O2. The number of H-pyrrole nitrogens is 1. The second kappa shape index (κ2) is 3.69. The van der Waals surface area contributed by atoms with E-state index in [1.165, 1.54) is 6.92 Å². The molecule has 1 aromatic heterocycles. The van der Waals surface area contributed by atoms with Crippen molar-refractivity contribution in [3.8, 4) is 0 Å². The van der Waals surface area contributed by atoms with Crippen LogP contribution >= 0.6 is 0 Å². The monoisotopic (exact) mass is 205 g/mol. The number of alkyl halides is 2. The Morgan fingerprint density at radius 1 is 1.57 bits per heavy atom. The zero-order chi connectivity index (χ0) is 10.8. The molecule has 0 amide bonds. The molecule has 0 fully saturated rings. The molecule has 78 valence electrons. The van der Waals surface area contributed by atoms with Crippen LogP contribution in [0.5, 0.6) is 0 Å². The fourth-order valence-corrected chi connectivity index (χ4v) is 0.892. The van der Waals surface area contributed by atoms with Crippen LogP contribution in [0, 0.1) is 0 Å². The van der Waals surface area contributed by atoms with Gasteiger partial charge in [-0.15, -0.1) is 5.10 Å². The predicted molar refractivity (Wildman–Crippen MR) is 41.9 cm³/mol. The van der Waals surface area contributed by atoms with Gasteiger partial charge in [-0.1, -0.05) is 6.92 Å². The standard InChI is InChI=1S/C7H9F2N3O2/c1-3-7(8,9)5-4(6(13)14-2)10-12-11-5/h3H2,1-2H3,(H,10,11,12). The molecule has 0 aliphatic heterocycles. The number of aromatic nitrogens is 3. The number of hydrogen-bond acceptors (Lipinski definition) is 4. The summed E-state index contributed by atoms with van der Waals surface area (Å²) in [5.41, 5.74) is -1.15. The molecule has 7 heteroatoms. The third-order valence-electron chi connectivity index (χ3n) is 1.72. The largest absolute Gasteiger partial charge is 0.464 e. The van der Waals surface area contributed by atoms with Crippen molar-refractivity contribution in [3.05, 3.63) is 11.4 Å². The number of ether oxygens (including phenoxy) is 1. The minimum absolute atomic E-state index is 0.455. The number of rotatable bonds is 3. The van der Waals surface area contributed by atoms with Crippen molar-refractivity contribution in [2.75, 3.05) is 7.11 Å². The number of hydrogen-bond donors (Lipinski definition) is 1. The topological polar surface area (TPSA) is 67.9 Å². The van der Waals surface area contributed by atoms with Gasteiger partial charge in [-0.05, 0) is 0 Å². The van der Waals surface area contributed by atoms with Crippen LogP contribution in [-0.2, 0) is 10.7 Å². The van der Waals surface area contributed by atoms with Crippen molar-refractivity contribution in [1.82, 2.24) is 15.4 Å². The van der Waals surface area contributed by atoms with E-state index in [1.807, 2.05) is 5.21 Å². The van der Waals surface area contributed by atoms with Crippen LogP contribution in [-0.4, -0.2) is 28.5 Å². The number of halogens is 2. The maximum absolute atomic E-state index is 13.1. The molecule has 0 saturated carbocycles. The molecule has 0 atom stereocenters. The molecule has 0 aromatic carbocycles. The zero-order valence-corrected chi connectivity index (χ0v) is 7.67. The highest BCUT2D eigenvalue weighted by molar-refractivity contribution is 5.88. The molecule has 0 radical (unpaired) electrons. The first kappa shape index (κ1) is 10.6. The average molecular weight is 205 g/mol. The lowest BCUT2D eigenvalue weighted by Crippen LogP contribution is -2.17. The number of nitrogens with zero attached hydrogens (tertiary/aromatic N) is 2. The summed E-state index contributed by atoms with van der Waals surface area (Å²) in [5, 5.41) is 8.52. The molecule has 0 bridgehead atoms. The molecule has 1 rings (SSSR count). The molecule has 1 heterocycles. The van der Waals surface area contributed by atoms with E-state index in [9.17, 15) is 13.6 Å². The first-order chi connectivity index (χ1) is 6.53. The second-order valence-electron chi connectivity index (χ2n) is 2.57. The SMILES string of the molecule is CCC(F)(F)c1n[nH]nc1C(=O)OC. The van der Waals surface area contributed by atoms with Crippen LogP contribution in [0.2, 0.25) is 0 Å². The van der Waals surface area contributed by atoms with E-state index in [1.54, 1.807) is 0 Å². The van der Waals surface area contributed by atoms with E-state index in [-0.39, 0.29) is 0 Å². The lowest BCUT2D eigenvalue weighted by atomic mass is 10.1. The van der Waals surface area contributed by atoms with Crippen molar-refractivity contribution in [2.24, 2.45) is 0 Å². The Morgan fingerprint density at radius 3 is 2.71 bits per heavy atom. The van der Waals surface area contributed by atoms with Crippen LogP contribution < -0.4 is 0 Å². The average Bonchev–Trinajstić information content (AvgIpc) is 2.65. The third-order valence-corrected chi connectivity index (χ3v) is 1.72. The van der Waals surface area contributed by atoms with Gasteiger partial charge in [0.15, 0.2) is 11.4 Å². The normalized spacial score (nSPS) is 11.4. The Balaban J connectivity index is 3.10. The van der Waals surface area contributed by atoms with E-state index in [0.29, 0.717) is 0 Å².